The summed E-state index contributed by atoms with van der Waals surface area (Å²) in [6, 6.07) is 8.16. The number of hydrogen-bond donors (Lipinski definition) is 2. The number of aryl methyl sites for hydroxylation is 1. The van der Waals surface area contributed by atoms with Gasteiger partial charge in [0.05, 0.1) is 5.56 Å². The Balaban J connectivity index is 1.40. The number of hydrogen-bond acceptors (Lipinski definition) is 5. The van der Waals surface area contributed by atoms with E-state index in [1.165, 1.54) is 17.0 Å². The molecule has 2 amide bonds. The quantitative estimate of drug-likeness (QED) is 0.652. The first-order valence-corrected chi connectivity index (χ1v) is 10.4. The van der Waals surface area contributed by atoms with Crippen molar-refractivity contribution in [2.75, 3.05) is 11.9 Å². The molecule has 0 saturated heterocycles. The summed E-state index contributed by atoms with van der Waals surface area (Å²) in [4.78, 5) is 29.8. The molecule has 1 aromatic carbocycles. The molecule has 0 unspecified atom stereocenters. The second-order valence-corrected chi connectivity index (χ2v) is 8.11. The van der Waals surface area contributed by atoms with Gasteiger partial charge < -0.3 is 19.9 Å². The molecule has 0 radical (unpaired) electrons. The van der Waals surface area contributed by atoms with Crippen LogP contribution in [0.5, 0.6) is 0 Å². The van der Waals surface area contributed by atoms with Crippen LogP contribution in [0.1, 0.15) is 46.7 Å². The number of benzene rings is 1. The van der Waals surface area contributed by atoms with Crippen LogP contribution in [0.15, 0.2) is 30.3 Å². The first kappa shape index (κ1) is 20.1. The predicted octanol–water partition coefficient (Wildman–Crippen LogP) is 3.27. The SMILES string of the molecule is C[C@@H]1CCc2nnc(-c3cccc(NC(=O)c4cc5c(cc4F)CCN(C(=O)O)C5)n3)n21. The van der Waals surface area contributed by atoms with Crippen LogP contribution < -0.4 is 5.32 Å². The van der Waals surface area contributed by atoms with Crippen LogP contribution in [0.4, 0.5) is 15.0 Å². The number of halogens is 1. The maximum atomic E-state index is 14.6. The van der Waals surface area contributed by atoms with Crippen molar-refractivity contribution in [2.45, 2.75) is 38.8 Å². The van der Waals surface area contributed by atoms with Crippen molar-refractivity contribution < 1.29 is 19.1 Å². The lowest BCUT2D eigenvalue weighted by Crippen LogP contribution is -2.35. The minimum absolute atomic E-state index is 0.120. The van der Waals surface area contributed by atoms with Crippen molar-refractivity contribution in [1.82, 2.24) is 24.6 Å². The zero-order chi connectivity index (χ0) is 22.4. The Morgan fingerprint density at radius 2 is 2.03 bits per heavy atom. The molecule has 0 saturated carbocycles. The Morgan fingerprint density at radius 3 is 2.84 bits per heavy atom. The number of pyridine rings is 1. The van der Waals surface area contributed by atoms with Gasteiger partial charge in [0, 0.05) is 25.6 Å². The normalized spacial score (nSPS) is 17.1. The van der Waals surface area contributed by atoms with E-state index in [0.717, 1.165) is 18.7 Å². The number of aromatic nitrogens is 4. The van der Waals surface area contributed by atoms with Crippen LogP contribution >= 0.6 is 0 Å². The molecule has 10 heteroatoms. The summed E-state index contributed by atoms with van der Waals surface area (Å²) in [7, 11) is 0. The van der Waals surface area contributed by atoms with Gasteiger partial charge in [0.2, 0.25) is 0 Å². The molecule has 1 atom stereocenters. The number of nitrogens with one attached hydrogen (secondary N) is 1. The Hall–Kier alpha value is -3.82. The summed E-state index contributed by atoms with van der Waals surface area (Å²) in [6.45, 7) is 2.52. The Bertz CT molecular complexity index is 1240. The summed E-state index contributed by atoms with van der Waals surface area (Å²) >= 11 is 0. The number of amides is 2. The number of fused-ring (bicyclic) bond motifs is 2. The number of carboxylic acid groups (broad SMARTS) is 1. The summed E-state index contributed by atoms with van der Waals surface area (Å²) in [5.74, 6) is 0.511. The number of rotatable bonds is 3. The van der Waals surface area contributed by atoms with Crippen molar-refractivity contribution in [3.05, 3.63) is 58.7 Å². The van der Waals surface area contributed by atoms with Crippen LogP contribution in [0.3, 0.4) is 0 Å². The van der Waals surface area contributed by atoms with Crippen molar-refractivity contribution in [1.29, 1.82) is 0 Å². The van der Waals surface area contributed by atoms with E-state index >= 15 is 0 Å². The predicted molar refractivity (Wildman–Crippen MR) is 113 cm³/mol. The van der Waals surface area contributed by atoms with E-state index in [1.807, 2.05) is 4.57 Å². The lowest BCUT2D eigenvalue weighted by molar-refractivity contribution is 0.102. The van der Waals surface area contributed by atoms with Gasteiger partial charge in [-0.1, -0.05) is 6.07 Å². The molecule has 0 spiro atoms. The molecule has 2 N–H and O–H groups in total. The van der Waals surface area contributed by atoms with Gasteiger partial charge in [-0.3, -0.25) is 4.79 Å². The summed E-state index contributed by atoms with van der Waals surface area (Å²) in [6.07, 6.45) is 1.22. The number of carbonyl (C=O) groups excluding carboxylic acids is 1. The monoisotopic (exact) mass is 436 g/mol. The maximum absolute atomic E-state index is 14.6. The second-order valence-electron chi connectivity index (χ2n) is 8.11. The van der Waals surface area contributed by atoms with Crippen LogP contribution in [0.2, 0.25) is 0 Å². The third-order valence-electron chi connectivity index (χ3n) is 6.03. The zero-order valence-corrected chi connectivity index (χ0v) is 17.4. The van der Waals surface area contributed by atoms with Crippen LogP contribution in [0.25, 0.3) is 11.5 Å². The van der Waals surface area contributed by atoms with Crippen molar-refractivity contribution >= 4 is 17.8 Å². The fraction of sp³-hybridized carbons (Fsp3) is 0.318. The molecule has 0 fully saturated rings. The molecular formula is C22H21FN6O3. The van der Waals surface area contributed by atoms with Crippen LogP contribution in [0, 0.1) is 5.82 Å². The summed E-state index contributed by atoms with van der Waals surface area (Å²) < 4.78 is 16.7. The Morgan fingerprint density at radius 1 is 1.19 bits per heavy atom. The highest BCUT2D eigenvalue weighted by Gasteiger charge is 2.26. The molecule has 164 valence electrons. The zero-order valence-electron chi connectivity index (χ0n) is 17.4. The topological polar surface area (TPSA) is 113 Å². The largest absolute Gasteiger partial charge is 0.465 e. The molecule has 32 heavy (non-hydrogen) atoms. The minimum Gasteiger partial charge on any atom is -0.465 e. The second kappa shape index (κ2) is 7.70. The van der Waals surface area contributed by atoms with Crippen LogP contribution in [-0.4, -0.2) is 48.3 Å². The molecule has 0 bridgehead atoms. The molecule has 4 heterocycles. The number of carbonyl (C=O) groups is 2. The lowest BCUT2D eigenvalue weighted by Gasteiger charge is -2.26. The number of anilines is 1. The molecule has 3 aromatic rings. The minimum atomic E-state index is -1.04. The van der Waals surface area contributed by atoms with Gasteiger partial charge in [-0.2, -0.15) is 0 Å². The Kier molecular flexibility index (Phi) is 4.84. The molecule has 9 nitrogen and oxygen atoms in total. The van der Waals surface area contributed by atoms with Gasteiger partial charge in [-0.05, 0) is 55.2 Å². The standard InChI is InChI=1S/C22H21FN6O3/c1-12-5-6-19-26-27-20(29(12)19)17-3-2-4-18(24-17)25-21(30)15-9-14-11-28(22(31)32)8-7-13(14)10-16(15)23/h2-4,9-10,12H,5-8,11H2,1H3,(H,31,32)(H,24,25,30)/t12-/m1/s1. The van der Waals surface area contributed by atoms with E-state index < -0.39 is 17.8 Å². The third kappa shape index (κ3) is 3.47. The third-order valence-corrected chi connectivity index (χ3v) is 6.03. The maximum Gasteiger partial charge on any atom is 0.407 e. The van der Waals surface area contributed by atoms with Crippen LogP contribution in [-0.2, 0) is 19.4 Å². The first-order chi connectivity index (χ1) is 15.4. The van der Waals surface area contributed by atoms with E-state index in [4.69, 9.17) is 0 Å². The smallest absolute Gasteiger partial charge is 0.407 e. The van der Waals surface area contributed by atoms with Gasteiger partial charge in [0.25, 0.3) is 5.91 Å². The molecule has 2 aliphatic rings. The fourth-order valence-electron chi connectivity index (χ4n) is 4.33. The van der Waals surface area contributed by atoms with Gasteiger partial charge >= 0.3 is 6.09 Å². The molecule has 5 rings (SSSR count). The van der Waals surface area contributed by atoms with E-state index in [-0.39, 0.29) is 24.0 Å². The lowest BCUT2D eigenvalue weighted by atomic mass is 9.97. The van der Waals surface area contributed by atoms with Gasteiger partial charge in [-0.15, -0.1) is 10.2 Å². The highest BCUT2D eigenvalue weighted by Crippen LogP contribution is 2.30. The van der Waals surface area contributed by atoms with Crippen molar-refractivity contribution in [2.24, 2.45) is 0 Å². The first-order valence-electron chi connectivity index (χ1n) is 10.4. The van der Waals surface area contributed by atoms with Gasteiger partial charge in [0.15, 0.2) is 5.82 Å². The molecule has 2 aromatic heterocycles. The molecular weight excluding hydrogens is 415 g/mol. The van der Waals surface area contributed by atoms with E-state index in [9.17, 15) is 19.1 Å². The summed E-state index contributed by atoms with van der Waals surface area (Å²) in [5.41, 5.74) is 1.75. The van der Waals surface area contributed by atoms with Crippen molar-refractivity contribution in [3.8, 4) is 11.5 Å². The van der Waals surface area contributed by atoms with E-state index in [2.05, 4.69) is 27.4 Å². The highest BCUT2D eigenvalue weighted by molar-refractivity contribution is 6.04. The van der Waals surface area contributed by atoms with Crippen molar-refractivity contribution in [3.63, 3.8) is 0 Å². The molecule has 0 aliphatic carbocycles. The Labute approximate surface area is 182 Å². The molecule has 2 aliphatic heterocycles. The fourth-order valence-corrected chi connectivity index (χ4v) is 4.33. The average molecular weight is 436 g/mol. The summed E-state index contributed by atoms with van der Waals surface area (Å²) in [5, 5.41) is 20.3. The van der Waals surface area contributed by atoms with Gasteiger partial charge in [-0.25, -0.2) is 14.2 Å². The van der Waals surface area contributed by atoms with E-state index in [0.29, 0.717) is 35.6 Å². The highest BCUT2D eigenvalue weighted by atomic mass is 19.1. The van der Waals surface area contributed by atoms with E-state index in [1.54, 1.807) is 18.2 Å². The number of nitrogens with zero attached hydrogens (tertiary/aromatic N) is 5. The van der Waals surface area contributed by atoms with Gasteiger partial charge in [0.1, 0.15) is 23.2 Å². The average Bonchev–Trinajstić information content (AvgIpc) is 3.36.